The maximum Gasteiger partial charge on any atom is 0.296 e. The van der Waals surface area contributed by atoms with Crippen molar-refractivity contribution in [1.29, 1.82) is 0 Å². The zero-order valence-electron chi connectivity index (χ0n) is 19.1. The second kappa shape index (κ2) is 9.67. The lowest BCUT2D eigenvalue weighted by Crippen LogP contribution is -2.03. The third-order valence-electron chi connectivity index (χ3n) is 5.19. The second-order valence-corrected chi connectivity index (χ2v) is 10.6. The molecule has 196 valence electrons. The van der Waals surface area contributed by atoms with Gasteiger partial charge >= 0.3 is 0 Å². The summed E-state index contributed by atoms with van der Waals surface area (Å²) in [5.41, 5.74) is 17.0. The van der Waals surface area contributed by atoms with E-state index in [1.165, 1.54) is 48.5 Å². The number of aromatic hydroxyl groups is 1. The lowest BCUT2D eigenvalue weighted by atomic mass is 10.1. The summed E-state index contributed by atoms with van der Waals surface area (Å²) in [4.78, 5) is -1.74. The van der Waals surface area contributed by atoms with Crippen molar-refractivity contribution in [2.75, 3.05) is 17.2 Å². The average molecular weight is 558 g/mol. The standard InChI is InChI=1S/C22H19N7O7S2/c23-12-1-5-14(6-2-12)26-28-20-16(37(31,32)33)9-11-10-17(38(34,35)36)21(22(30)18(11)19(20)25)29-27-15-7-3-13(24)4-8-15/h1-10,30H,23-25H2,(H,31,32,33)(H,34,35,36). The van der Waals surface area contributed by atoms with Gasteiger partial charge in [-0.05, 0) is 66.0 Å². The van der Waals surface area contributed by atoms with Crippen LogP contribution in [-0.4, -0.2) is 31.0 Å². The van der Waals surface area contributed by atoms with E-state index in [4.69, 9.17) is 17.2 Å². The van der Waals surface area contributed by atoms with Crippen molar-refractivity contribution in [3.8, 4) is 5.75 Å². The van der Waals surface area contributed by atoms with E-state index >= 15 is 0 Å². The quantitative estimate of drug-likeness (QED) is 0.109. The molecule has 4 aromatic carbocycles. The molecule has 0 saturated heterocycles. The van der Waals surface area contributed by atoms with E-state index in [0.29, 0.717) is 11.4 Å². The number of phenols is 1. The smallest absolute Gasteiger partial charge is 0.296 e. The van der Waals surface area contributed by atoms with Gasteiger partial charge in [-0.15, -0.1) is 10.2 Å². The lowest BCUT2D eigenvalue weighted by molar-refractivity contribution is 0.472. The van der Waals surface area contributed by atoms with E-state index in [1.807, 2.05) is 0 Å². The van der Waals surface area contributed by atoms with Gasteiger partial charge in [-0.2, -0.15) is 27.1 Å². The first-order chi connectivity index (χ1) is 17.8. The zero-order valence-corrected chi connectivity index (χ0v) is 20.7. The first-order valence-electron chi connectivity index (χ1n) is 10.4. The summed E-state index contributed by atoms with van der Waals surface area (Å²) in [7, 11) is -10.00. The Balaban J connectivity index is 2.01. The van der Waals surface area contributed by atoms with Crippen molar-refractivity contribution in [2.24, 2.45) is 20.5 Å². The predicted molar refractivity (Wildman–Crippen MR) is 140 cm³/mol. The average Bonchev–Trinajstić information content (AvgIpc) is 2.83. The topological polar surface area (TPSA) is 256 Å². The monoisotopic (exact) mass is 557 g/mol. The van der Waals surface area contributed by atoms with Crippen molar-refractivity contribution in [3.05, 3.63) is 60.7 Å². The van der Waals surface area contributed by atoms with E-state index in [-0.39, 0.29) is 22.1 Å². The Morgan fingerprint density at radius 3 is 1.42 bits per heavy atom. The van der Waals surface area contributed by atoms with E-state index in [2.05, 4.69) is 20.5 Å². The minimum absolute atomic E-state index is 0.229. The van der Waals surface area contributed by atoms with Crippen LogP contribution < -0.4 is 17.2 Å². The summed E-state index contributed by atoms with van der Waals surface area (Å²) in [6, 6.07) is 13.6. The molecule has 14 nitrogen and oxygen atoms in total. The molecule has 4 rings (SSSR count). The highest BCUT2D eigenvalue weighted by atomic mass is 32.2. The van der Waals surface area contributed by atoms with Crippen LogP contribution in [0.25, 0.3) is 10.8 Å². The molecule has 0 unspecified atom stereocenters. The molecule has 0 aliphatic heterocycles. The minimum Gasteiger partial charge on any atom is -0.505 e. The van der Waals surface area contributed by atoms with Crippen molar-refractivity contribution >= 4 is 70.8 Å². The van der Waals surface area contributed by atoms with Gasteiger partial charge in [-0.1, -0.05) is 0 Å². The van der Waals surface area contributed by atoms with Crippen molar-refractivity contribution < 1.29 is 31.0 Å². The molecule has 38 heavy (non-hydrogen) atoms. The van der Waals surface area contributed by atoms with Crippen molar-refractivity contribution in [2.45, 2.75) is 9.79 Å². The Hall–Kier alpha value is -4.64. The number of rotatable bonds is 6. The van der Waals surface area contributed by atoms with E-state index < -0.39 is 52.8 Å². The Labute approximate surface area is 215 Å². The van der Waals surface area contributed by atoms with E-state index in [9.17, 15) is 31.0 Å². The van der Waals surface area contributed by atoms with Gasteiger partial charge in [-0.25, -0.2) is 0 Å². The minimum atomic E-state index is -5.02. The van der Waals surface area contributed by atoms with Crippen LogP contribution in [0.15, 0.2) is 90.9 Å². The maximum atomic E-state index is 12.1. The molecule has 9 N–H and O–H groups in total. The van der Waals surface area contributed by atoms with Gasteiger partial charge in [-0.3, -0.25) is 9.11 Å². The van der Waals surface area contributed by atoms with Gasteiger partial charge in [0.2, 0.25) is 0 Å². The molecular weight excluding hydrogens is 538 g/mol. The lowest BCUT2D eigenvalue weighted by Gasteiger charge is -2.14. The highest BCUT2D eigenvalue weighted by Crippen LogP contribution is 2.48. The zero-order chi connectivity index (χ0) is 27.8. The van der Waals surface area contributed by atoms with E-state index in [1.54, 1.807) is 0 Å². The Bertz CT molecular complexity index is 1710. The Morgan fingerprint density at radius 1 is 0.605 bits per heavy atom. The number of benzene rings is 4. The molecule has 0 radical (unpaired) electrons. The number of fused-ring (bicyclic) bond motifs is 1. The van der Waals surface area contributed by atoms with Gasteiger partial charge in [0.05, 0.1) is 22.4 Å². The molecule has 16 heteroatoms. The summed E-state index contributed by atoms with van der Waals surface area (Å²) in [5, 5.41) is 25.8. The molecule has 0 fully saturated rings. The highest BCUT2D eigenvalue weighted by molar-refractivity contribution is 7.86. The number of phenolic OH excluding ortho intramolecular Hbond substituents is 1. The number of hydrogen-bond donors (Lipinski definition) is 6. The first kappa shape index (κ1) is 26.4. The SMILES string of the molecule is Nc1ccc(N=Nc2c(S(=O)(=O)O)cc3cc(S(=O)(=O)O)c(N=Nc4ccc(N)cc4)c(O)c3c2N)cc1. The summed E-state index contributed by atoms with van der Waals surface area (Å²) >= 11 is 0. The van der Waals surface area contributed by atoms with Crippen LogP contribution in [0.3, 0.4) is 0 Å². The van der Waals surface area contributed by atoms with Gasteiger partial charge in [0.15, 0.2) is 5.75 Å². The summed E-state index contributed by atoms with van der Waals surface area (Å²) in [6.07, 6.45) is 0. The molecule has 4 aromatic rings. The molecule has 0 aliphatic rings. The summed E-state index contributed by atoms with van der Waals surface area (Å²) < 4.78 is 68.0. The fourth-order valence-corrected chi connectivity index (χ4v) is 4.73. The number of hydrogen-bond acceptors (Lipinski definition) is 12. The fraction of sp³-hybridized carbons (Fsp3) is 0. The fourth-order valence-electron chi connectivity index (χ4n) is 3.40. The van der Waals surface area contributed by atoms with Crippen LogP contribution in [0.1, 0.15) is 0 Å². The molecule has 0 spiro atoms. The second-order valence-electron chi connectivity index (χ2n) is 7.84. The van der Waals surface area contributed by atoms with E-state index in [0.717, 1.165) is 12.1 Å². The predicted octanol–water partition coefficient (Wildman–Crippen LogP) is 4.62. The van der Waals surface area contributed by atoms with Gasteiger partial charge < -0.3 is 22.3 Å². The van der Waals surface area contributed by atoms with Gasteiger partial charge in [0.25, 0.3) is 20.2 Å². The van der Waals surface area contributed by atoms with Gasteiger partial charge in [0.1, 0.15) is 21.2 Å². The molecule has 0 heterocycles. The number of nitrogen functional groups attached to an aromatic ring is 3. The van der Waals surface area contributed by atoms with Crippen LogP contribution in [0.4, 0.5) is 39.8 Å². The number of anilines is 3. The van der Waals surface area contributed by atoms with Crippen molar-refractivity contribution in [1.82, 2.24) is 0 Å². The molecule has 0 bridgehead atoms. The largest absolute Gasteiger partial charge is 0.505 e. The number of nitrogens with two attached hydrogens (primary N) is 3. The third-order valence-corrected chi connectivity index (χ3v) is 6.92. The maximum absolute atomic E-state index is 12.1. The highest BCUT2D eigenvalue weighted by Gasteiger charge is 2.28. The molecular formula is C22H19N7O7S2. The normalized spacial score (nSPS) is 12.6. The van der Waals surface area contributed by atoms with Crippen LogP contribution >= 0.6 is 0 Å². The molecule has 0 aliphatic carbocycles. The first-order valence-corrected chi connectivity index (χ1v) is 13.3. The van der Waals surface area contributed by atoms with Crippen LogP contribution in [0.2, 0.25) is 0 Å². The molecule has 0 atom stereocenters. The molecule has 0 saturated carbocycles. The van der Waals surface area contributed by atoms with Crippen LogP contribution in [0.5, 0.6) is 5.75 Å². The van der Waals surface area contributed by atoms with Gasteiger partial charge in [0, 0.05) is 11.4 Å². The number of azo groups is 2. The third kappa shape index (κ3) is 5.37. The number of nitrogens with zero attached hydrogens (tertiary/aromatic N) is 4. The molecule has 0 aromatic heterocycles. The summed E-state index contributed by atoms with van der Waals surface area (Å²) in [6.45, 7) is 0. The Morgan fingerprint density at radius 2 is 1.00 bits per heavy atom. The summed E-state index contributed by atoms with van der Waals surface area (Å²) in [5.74, 6) is -0.863. The Kier molecular flexibility index (Phi) is 6.73. The van der Waals surface area contributed by atoms with Crippen LogP contribution in [-0.2, 0) is 20.2 Å². The van der Waals surface area contributed by atoms with Crippen LogP contribution in [0, 0.1) is 0 Å². The van der Waals surface area contributed by atoms with Crippen molar-refractivity contribution in [3.63, 3.8) is 0 Å². The molecule has 0 amide bonds.